The number of carbonyl (C=O) groups is 2. The van der Waals surface area contributed by atoms with Gasteiger partial charge in [0.25, 0.3) is 5.91 Å². The van der Waals surface area contributed by atoms with Gasteiger partial charge in [-0.1, -0.05) is 0 Å². The highest BCUT2D eigenvalue weighted by molar-refractivity contribution is 7.85. The highest BCUT2D eigenvalue weighted by atomic mass is 32.2. The van der Waals surface area contributed by atoms with Crippen molar-refractivity contribution >= 4 is 22.6 Å². The van der Waals surface area contributed by atoms with E-state index in [1.165, 1.54) is 11.0 Å². The molecule has 0 aromatic carbocycles. The second-order valence-corrected chi connectivity index (χ2v) is 9.09. The van der Waals surface area contributed by atoms with Gasteiger partial charge in [0.15, 0.2) is 0 Å². The first-order chi connectivity index (χ1) is 12.9. The molecule has 9 heteroatoms. The first-order valence-corrected chi connectivity index (χ1v) is 10.7. The van der Waals surface area contributed by atoms with Gasteiger partial charge in [-0.15, -0.1) is 0 Å². The SMILES string of the molecule is NC(=O)C1CS(=O)CN1C(=O)c1ccc(C2(O)CCC2)c(OCC2CC2)n1. The van der Waals surface area contributed by atoms with Gasteiger partial charge in [-0.25, -0.2) is 4.98 Å². The summed E-state index contributed by atoms with van der Waals surface area (Å²) in [5.41, 5.74) is 5.08. The lowest BCUT2D eigenvalue weighted by atomic mass is 9.75. The molecule has 0 radical (unpaired) electrons. The van der Waals surface area contributed by atoms with Crippen molar-refractivity contribution in [3.8, 4) is 5.88 Å². The van der Waals surface area contributed by atoms with Crippen molar-refractivity contribution < 1.29 is 23.6 Å². The van der Waals surface area contributed by atoms with Gasteiger partial charge in [-0.05, 0) is 50.2 Å². The van der Waals surface area contributed by atoms with E-state index in [0.29, 0.717) is 30.9 Å². The molecule has 2 atom stereocenters. The van der Waals surface area contributed by atoms with Crippen LogP contribution in [-0.4, -0.2) is 55.3 Å². The quantitative estimate of drug-likeness (QED) is 0.715. The van der Waals surface area contributed by atoms with Gasteiger partial charge < -0.3 is 20.5 Å². The van der Waals surface area contributed by atoms with Crippen molar-refractivity contribution in [1.82, 2.24) is 9.88 Å². The third kappa shape index (κ3) is 3.58. The Morgan fingerprint density at radius 2 is 2.11 bits per heavy atom. The third-order valence-electron chi connectivity index (χ3n) is 5.51. The number of primary amides is 1. The van der Waals surface area contributed by atoms with Crippen molar-refractivity contribution in [1.29, 1.82) is 0 Å². The number of hydrogen-bond donors (Lipinski definition) is 2. The molecule has 146 valence electrons. The predicted octanol–water partition coefficient (Wildman–Crippen LogP) is 0.258. The van der Waals surface area contributed by atoms with Gasteiger partial charge in [0.2, 0.25) is 11.8 Å². The lowest BCUT2D eigenvalue weighted by Crippen LogP contribution is -2.45. The molecule has 1 aromatic rings. The Hall–Kier alpha value is -2.00. The number of nitrogens with zero attached hydrogens (tertiary/aromatic N) is 2. The van der Waals surface area contributed by atoms with Crippen molar-refractivity contribution in [3.63, 3.8) is 0 Å². The van der Waals surface area contributed by atoms with Crippen LogP contribution in [0.15, 0.2) is 12.1 Å². The van der Waals surface area contributed by atoms with E-state index in [4.69, 9.17) is 10.5 Å². The standard InChI is InChI=1S/C18H23N3O5S/c19-15(22)14-9-27(25)10-21(14)17(23)13-5-4-12(18(24)6-1-7-18)16(20-13)26-8-11-2-3-11/h4-5,11,14,24H,1-3,6-10H2,(H2,19,22). The van der Waals surface area contributed by atoms with Crippen molar-refractivity contribution in [2.24, 2.45) is 11.7 Å². The van der Waals surface area contributed by atoms with Crippen molar-refractivity contribution in [2.45, 2.75) is 43.7 Å². The number of ether oxygens (including phenoxy) is 1. The third-order valence-corrected chi connectivity index (χ3v) is 6.76. The normalized spacial score (nSPS) is 26.5. The van der Waals surface area contributed by atoms with Crippen LogP contribution in [0, 0.1) is 5.92 Å². The number of nitrogens with two attached hydrogens (primary N) is 1. The number of aliphatic hydroxyl groups is 1. The predicted molar refractivity (Wildman–Crippen MR) is 97.2 cm³/mol. The van der Waals surface area contributed by atoms with Gasteiger partial charge >= 0.3 is 0 Å². The fraction of sp³-hybridized carbons (Fsp3) is 0.611. The molecular weight excluding hydrogens is 370 g/mol. The van der Waals surface area contributed by atoms with E-state index in [9.17, 15) is 18.9 Å². The number of rotatable bonds is 6. The van der Waals surface area contributed by atoms with Crippen LogP contribution in [0.4, 0.5) is 0 Å². The summed E-state index contributed by atoms with van der Waals surface area (Å²) in [7, 11) is -1.31. The Morgan fingerprint density at radius 3 is 2.70 bits per heavy atom. The average molecular weight is 393 g/mol. The summed E-state index contributed by atoms with van der Waals surface area (Å²) in [6, 6.07) is 2.30. The van der Waals surface area contributed by atoms with Gasteiger partial charge in [-0.2, -0.15) is 0 Å². The molecule has 1 saturated heterocycles. The van der Waals surface area contributed by atoms with E-state index in [-0.39, 0.29) is 23.2 Å². The molecule has 2 aliphatic carbocycles. The van der Waals surface area contributed by atoms with Crippen LogP contribution >= 0.6 is 0 Å². The molecule has 1 aliphatic heterocycles. The molecule has 1 aromatic heterocycles. The molecule has 3 N–H and O–H groups in total. The minimum Gasteiger partial charge on any atom is -0.477 e. The fourth-order valence-corrected chi connectivity index (χ4v) is 4.84. The Bertz CT molecular complexity index is 806. The second kappa shape index (κ2) is 6.87. The summed E-state index contributed by atoms with van der Waals surface area (Å²) >= 11 is 0. The van der Waals surface area contributed by atoms with Crippen LogP contribution in [0.25, 0.3) is 0 Å². The van der Waals surface area contributed by atoms with E-state index >= 15 is 0 Å². The zero-order valence-electron chi connectivity index (χ0n) is 14.9. The number of aromatic nitrogens is 1. The molecule has 3 aliphatic rings. The molecule has 2 saturated carbocycles. The van der Waals surface area contributed by atoms with E-state index < -0.39 is 34.3 Å². The van der Waals surface area contributed by atoms with Crippen LogP contribution in [0.3, 0.4) is 0 Å². The summed E-state index contributed by atoms with van der Waals surface area (Å²) in [6.07, 6.45) is 4.42. The maximum Gasteiger partial charge on any atom is 0.274 e. The van der Waals surface area contributed by atoms with Crippen LogP contribution in [0.5, 0.6) is 5.88 Å². The molecule has 0 spiro atoms. The first kappa shape index (κ1) is 18.4. The van der Waals surface area contributed by atoms with Crippen LogP contribution in [0.1, 0.15) is 48.2 Å². The molecule has 2 unspecified atom stereocenters. The average Bonchev–Trinajstić information content (AvgIpc) is 3.36. The molecule has 3 fully saturated rings. The van der Waals surface area contributed by atoms with Crippen LogP contribution in [-0.2, 0) is 21.2 Å². The lowest BCUT2D eigenvalue weighted by Gasteiger charge is -2.37. The molecule has 8 nitrogen and oxygen atoms in total. The summed E-state index contributed by atoms with van der Waals surface area (Å²) < 4.78 is 17.7. The molecule has 0 bridgehead atoms. The zero-order valence-corrected chi connectivity index (χ0v) is 15.7. The van der Waals surface area contributed by atoms with Crippen LogP contribution < -0.4 is 10.5 Å². The Kier molecular flexibility index (Phi) is 4.67. The maximum atomic E-state index is 12.9. The van der Waals surface area contributed by atoms with Gasteiger partial charge in [0, 0.05) is 16.4 Å². The second-order valence-electron chi connectivity index (χ2n) is 7.62. The van der Waals surface area contributed by atoms with Crippen molar-refractivity contribution in [3.05, 3.63) is 23.4 Å². The smallest absolute Gasteiger partial charge is 0.274 e. The molecule has 2 amide bonds. The Balaban J connectivity index is 1.62. The maximum absolute atomic E-state index is 12.9. The topological polar surface area (TPSA) is 123 Å². The number of amides is 2. The monoisotopic (exact) mass is 393 g/mol. The molecule has 27 heavy (non-hydrogen) atoms. The van der Waals surface area contributed by atoms with E-state index in [1.54, 1.807) is 6.07 Å². The lowest BCUT2D eigenvalue weighted by molar-refractivity contribution is -0.121. The largest absolute Gasteiger partial charge is 0.477 e. The minimum atomic E-state index is -1.31. The summed E-state index contributed by atoms with van der Waals surface area (Å²) in [5.74, 6) is -0.420. The molecule has 4 rings (SSSR count). The number of pyridine rings is 1. The van der Waals surface area contributed by atoms with Gasteiger partial charge in [0.1, 0.15) is 11.7 Å². The zero-order chi connectivity index (χ0) is 19.2. The van der Waals surface area contributed by atoms with E-state index in [2.05, 4.69) is 4.98 Å². The Morgan fingerprint density at radius 1 is 1.37 bits per heavy atom. The number of carbonyl (C=O) groups excluding carboxylic acids is 2. The van der Waals surface area contributed by atoms with Crippen molar-refractivity contribution in [2.75, 3.05) is 18.2 Å². The highest BCUT2D eigenvalue weighted by Gasteiger charge is 2.41. The van der Waals surface area contributed by atoms with E-state index in [0.717, 1.165) is 19.3 Å². The van der Waals surface area contributed by atoms with Crippen LogP contribution in [0.2, 0.25) is 0 Å². The highest BCUT2D eigenvalue weighted by Crippen LogP contribution is 2.44. The summed E-state index contributed by atoms with van der Waals surface area (Å²) in [4.78, 5) is 30.0. The fourth-order valence-electron chi connectivity index (χ4n) is 3.43. The molecule has 2 heterocycles. The van der Waals surface area contributed by atoms with Gasteiger partial charge in [-0.3, -0.25) is 13.8 Å². The number of hydrogen-bond acceptors (Lipinski definition) is 6. The Labute approximate surface area is 159 Å². The molecular formula is C18H23N3O5S. The summed E-state index contributed by atoms with van der Waals surface area (Å²) in [5, 5.41) is 10.7. The minimum absolute atomic E-state index is 0.0436. The van der Waals surface area contributed by atoms with E-state index in [1.807, 2.05) is 0 Å². The first-order valence-electron chi connectivity index (χ1n) is 9.19. The summed E-state index contributed by atoms with van der Waals surface area (Å²) in [6.45, 7) is 0.505. The van der Waals surface area contributed by atoms with Gasteiger partial charge in [0.05, 0.1) is 23.8 Å².